The van der Waals surface area contributed by atoms with Crippen LogP contribution >= 0.6 is 11.8 Å². The Morgan fingerprint density at radius 3 is 2.39 bits per heavy atom. The van der Waals surface area contributed by atoms with Gasteiger partial charge in [0.15, 0.2) is 0 Å². The van der Waals surface area contributed by atoms with Gasteiger partial charge in [-0.2, -0.15) is 11.8 Å². The van der Waals surface area contributed by atoms with Crippen LogP contribution in [0.4, 0.5) is 0 Å². The Morgan fingerprint density at radius 1 is 1.33 bits per heavy atom. The molecule has 0 aliphatic rings. The molecule has 0 aliphatic heterocycles. The number of aryl methyl sites for hydroxylation is 2. The van der Waals surface area contributed by atoms with Gasteiger partial charge in [0, 0.05) is 5.75 Å². The molecule has 3 nitrogen and oxygen atoms in total. The Labute approximate surface area is 113 Å². The molecule has 0 amide bonds. The number of aliphatic carboxylic acids is 1. The first-order valence-electron chi connectivity index (χ1n) is 5.98. The zero-order valence-corrected chi connectivity index (χ0v) is 12.0. The largest absolute Gasteiger partial charge is 0.480 e. The van der Waals surface area contributed by atoms with Gasteiger partial charge in [-0.05, 0) is 38.5 Å². The summed E-state index contributed by atoms with van der Waals surface area (Å²) in [5.41, 5.74) is 8.37. The number of hydrogen-bond acceptors (Lipinski definition) is 3. The second kappa shape index (κ2) is 6.25. The molecule has 1 atom stereocenters. The van der Waals surface area contributed by atoms with Crippen molar-refractivity contribution in [1.82, 2.24) is 0 Å². The SMILES string of the molecule is Cc1cc(C)cc(CSCCC(C)(N)C(=O)O)c1. The van der Waals surface area contributed by atoms with Gasteiger partial charge in [-0.1, -0.05) is 29.3 Å². The lowest BCUT2D eigenvalue weighted by Crippen LogP contribution is -2.45. The minimum absolute atomic E-state index is 0.484. The number of carbonyl (C=O) groups is 1. The van der Waals surface area contributed by atoms with Gasteiger partial charge < -0.3 is 10.8 Å². The van der Waals surface area contributed by atoms with Crippen LogP contribution in [0.1, 0.15) is 30.0 Å². The molecule has 0 heterocycles. The van der Waals surface area contributed by atoms with Crippen LogP contribution in [0.5, 0.6) is 0 Å². The third kappa shape index (κ3) is 4.70. The van der Waals surface area contributed by atoms with Crippen LogP contribution in [-0.4, -0.2) is 22.4 Å². The standard InChI is InChI=1S/C14H21NO2S/c1-10-6-11(2)8-12(7-10)9-18-5-4-14(3,15)13(16)17/h6-8H,4-5,9,15H2,1-3H3,(H,16,17). The topological polar surface area (TPSA) is 63.3 Å². The fourth-order valence-electron chi connectivity index (χ4n) is 1.73. The van der Waals surface area contributed by atoms with Crippen molar-refractivity contribution in [2.45, 2.75) is 38.5 Å². The molecule has 1 rings (SSSR count). The minimum Gasteiger partial charge on any atom is -0.480 e. The number of nitrogens with two attached hydrogens (primary N) is 1. The fourth-order valence-corrected chi connectivity index (χ4v) is 2.85. The van der Waals surface area contributed by atoms with E-state index < -0.39 is 11.5 Å². The lowest BCUT2D eigenvalue weighted by molar-refractivity contribution is -0.142. The van der Waals surface area contributed by atoms with Crippen LogP contribution in [-0.2, 0) is 10.5 Å². The number of rotatable bonds is 6. The lowest BCUT2D eigenvalue weighted by Gasteiger charge is -2.18. The molecule has 18 heavy (non-hydrogen) atoms. The highest BCUT2D eigenvalue weighted by Gasteiger charge is 2.26. The van der Waals surface area contributed by atoms with Gasteiger partial charge in [0.1, 0.15) is 5.54 Å². The van der Waals surface area contributed by atoms with E-state index in [1.165, 1.54) is 16.7 Å². The Hall–Kier alpha value is -1.00. The number of carboxylic acids is 1. The van der Waals surface area contributed by atoms with Crippen molar-refractivity contribution in [3.63, 3.8) is 0 Å². The van der Waals surface area contributed by atoms with Crippen molar-refractivity contribution in [2.75, 3.05) is 5.75 Å². The van der Waals surface area contributed by atoms with E-state index in [0.717, 1.165) is 11.5 Å². The first-order valence-corrected chi connectivity index (χ1v) is 7.14. The molecule has 1 aromatic carbocycles. The monoisotopic (exact) mass is 267 g/mol. The van der Waals surface area contributed by atoms with Crippen LogP contribution in [0, 0.1) is 13.8 Å². The predicted octanol–water partition coefficient (Wildman–Crippen LogP) is 2.73. The molecule has 0 aromatic heterocycles. The van der Waals surface area contributed by atoms with Gasteiger partial charge in [0.05, 0.1) is 0 Å². The van der Waals surface area contributed by atoms with E-state index >= 15 is 0 Å². The molecular weight excluding hydrogens is 246 g/mol. The Balaban J connectivity index is 2.40. The summed E-state index contributed by atoms with van der Waals surface area (Å²) in [6.45, 7) is 5.73. The molecule has 1 unspecified atom stereocenters. The quantitative estimate of drug-likeness (QED) is 0.778. The summed E-state index contributed by atoms with van der Waals surface area (Å²) in [5.74, 6) is 0.722. The highest BCUT2D eigenvalue weighted by atomic mass is 32.2. The first kappa shape index (κ1) is 15.1. The third-order valence-corrected chi connectivity index (χ3v) is 3.83. The zero-order chi connectivity index (χ0) is 13.8. The van der Waals surface area contributed by atoms with E-state index in [0.29, 0.717) is 6.42 Å². The van der Waals surface area contributed by atoms with Gasteiger partial charge in [-0.3, -0.25) is 4.79 Å². The van der Waals surface area contributed by atoms with E-state index in [9.17, 15) is 4.79 Å². The molecular formula is C14H21NO2S. The summed E-state index contributed by atoms with van der Waals surface area (Å²) in [5, 5.41) is 8.90. The molecule has 0 bridgehead atoms. The Bertz CT molecular complexity index is 410. The molecule has 0 saturated carbocycles. The summed E-state index contributed by atoms with van der Waals surface area (Å²) in [4.78, 5) is 10.8. The maximum absolute atomic E-state index is 10.8. The second-order valence-electron chi connectivity index (χ2n) is 5.02. The lowest BCUT2D eigenvalue weighted by atomic mass is 10.0. The third-order valence-electron chi connectivity index (χ3n) is 2.80. The molecule has 1 aromatic rings. The Kier molecular flexibility index (Phi) is 5.23. The summed E-state index contributed by atoms with van der Waals surface area (Å²) in [6.07, 6.45) is 0.484. The second-order valence-corrected chi connectivity index (χ2v) is 6.13. The van der Waals surface area contributed by atoms with Crippen LogP contribution in [0.2, 0.25) is 0 Å². The van der Waals surface area contributed by atoms with E-state index in [1.807, 2.05) is 0 Å². The van der Waals surface area contributed by atoms with Crippen LogP contribution in [0.15, 0.2) is 18.2 Å². The average molecular weight is 267 g/mol. The summed E-state index contributed by atoms with van der Waals surface area (Å²) >= 11 is 1.72. The average Bonchev–Trinajstić information content (AvgIpc) is 2.23. The number of hydrogen-bond donors (Lipinski definition) is 2. The number of thioether (sulfide) groups is 1. The molecule has 0 radical (unpaired) electrons. The molecule has 0 aliphatic carbocycles. The molecule has 4 heteroatoms. The number of carboxylic acid groups (broad SMARTS) is 1. The fraction of sp³-hybridized carbons (Fsp3) is 0.500. The van der Waals surface area contributed by atoms with Crippen LogP contribution in [0.25, 0.3) is 0 Å². The van der Waals surface area contributed by atoms with Crippen LogP contribution in [0.3, 0.4) is 0 Å². The van der Waals surface area contributed by atoms with Gasteiger partial charge in [0.2, 0.25) is 0 Å². The van der Waals surface area contributed by atoms with Crippen molar-refractivity contribution >= 4 is 17.7 Å². The minimum atomic E-state index is -1.12. The van der Waals surface area contributed by atoms with Crippen molar-refractivity contribution in [2.24, 2.45) is 5.73 Å². The van der Waals surface area contributed by atoms with Crippen LogP contribution < -0.4 is 5.73 Å². The van der Waals surface area contributed by atoms with E-state index in [-0.39, 0.29) is 0 Å². The molecule has 0 saturated heterocycles. The Morgan fingerprint density at radius 2 is 1.89 bits per heavy atom. The van der Waals surface area contributed by atoms with Crippen molar-refractivity contribution in [3.05, 3.63) is 34.9 Å². The smallest absolute Gasteiger partial charge is 0.323 e. The maximum atomic E-state index is 10.8. The zero-order valence-electron chi connectivity index (χ0n) is 11.2. The summed E-state index contributed by atoms with van der Waals surface area (Å²) in [7, 11) is 0. The van der Waals surface area contributed by atoms with E-state index in [1.54, 1.807) is 18.7 Å². The molecule has 0 spiro atoms. The predicted molar refractivity (Wildman–Crippen MR) is 76.9 cm³/mol. The van der Waals surface area contributed by atoms with E-state index in [4.69, 9.17) is 10.8 Å². The highest BCUT2D eigenvalue weighted by molar-refractivity contribution is 7.98. The van der Waals surface area contributed by atoms with Gasteiger partial charge in [0.25, 0.3) is 0 Å². The maximum Gasteiger partial charge on any atom is 0.323 e. The molecule has 3 N–H and O–H groups in total. The van der Waals surface area contributed by atoms with Crippen molar-refractivity contribution in [1.29, 1.82) is 0 Å². The van der Waals surface area contributed by atoms with Crippen molar-refractivity contribution in [3.8, 4) is 0 Å². The molecule has 0 fully saturated rings. The van der Waals surface area contributed by atoms with Gasteiger partial charge in [-0.15, -0.1) is 0 Å². The van der Waals surface area contributed by atoms with Gasteiger partial charge in [-0.25, -0.2) is 0 Å². The highest BCUT2D eigenvalue weighted by Crippen LogP contribution is 2.18. The number of benzene rings is 1. The van der Waals surface area contributed by atoms with Gasteiger partial charge >= 0.3 is 5.97 Å². The summed E-state index contributed by atoms with van der Waals surface area (Å²) < 4.78 is 0. The van der Waals surface area contributed by atoms with Crippen molar-refractivity contribution < 1.29 is 9.90 Å². The molecule has 100 valence electrons. The normalized spacial score (nSPS) is 14.2. The first-order chi connectivity index (χ1) is 8.31. The summed E-state index contributed by atoms with van der Waals surface area (Å²) in [6, 6.07) is 6.48. The van der Waals surface area contributed by atoms with E-state index in [2.05, 4.69) is 32.0 Å².